The average Bonchev–Trinajstić information content (AvgIpc) is 1.78. The van der Waals surface area contributed by atoms with E-state index >= 15 is 0 Å². The first-order valence-corrected chi connectivity index (χ1v) is 4.45. The van der Waals surface area contributed by atoms with E-state index in [1.807, 2.05) is 20.8 Å². The van der Waals surface area contributed by atoms with Crippen LogP contribution in [-0.4, -0.2) is 0 Å². The Bertz CT molecular complexity index is 305. The van der Waals surface area contributed by atoms with Crippen molar-refractivity contribution in [3.05, 3.63) is 28.5 Å². The molecule has 13 heavy (non-hydrogen) atoms. The maximum atomic E-state index is 13.4. The zero-order valence-corrected chi connectivity index (χ0v) is 8.74. The Hall–Kier alpha value is -0.760. The second kappa shape index (κ2) is 3.18. The number of nitrogens with two attached hydrogens (primary N) is 1. The molecule has 1 aromatic carbocycles. The Morgan fingerprint density at radius 1 is 1.31 bits per heavy atom. The van der Waals surface area contributed by atoms with Crippen molar-refractivity contribution < 1.29 is 4.39 Å². The van der Waals surface area contributed by atoms with Crippen molar-refractivity contribution in [3.8, 4) is 0 Å². The average molecular weight is 202 g/mol. The summed E-state index contributed by atoms with van der Waals surface area (Å²) < 4.78 is 13.4. The van der Waals surface area contributed by atoms with Gasteiger partial charge >= 0.3 is 0 Å². The third kappa shape index (κ3) is 2.13. The van der Waals surface area contributed by atoms with Crippen LogP contribution in [0, 0.1) is 5.82 Å². The van der Waals surface area contributed by atoms with Crippen LogP contribution < -0.4 is 5.73 Å². The molecule has 1 aromatic rings. The minimum atomic E-state index is -0.336. The van der Waals surface area contributed by atoms with Gasteiger partial charge in [-0.2, -0.15) is 0 Å². The van der Waals surface area contributed by atoms with E-state index in [2.05, 4.69) is 0 Å². The molecule has 0 aliphatic rings. The molecule has 0 unspecified atom stereocenters. The van der Waals surface area contributed by atoms with Crippen molar-refractivity contribution in [2.24, 2.45) is 0 Å². The predicted octanol–water partition coefficient (Wildman–Crippen LogP) is 3.36. The number of hydrogen-bond donors (Lipinski definition) is 1. The zero-order chi connectivity index (χ0) is 10.2. The number of nitrogen functional groups attached to an aromatic ring is 1. The van der Waals surface area contributed by atoms with Crippen molar-refractivity contribution in [3.63, 3.8) is 0 Å². The first-order chi connectivity index (χ1) is 5.82. The van der Waals surface area contributed by atoms with Gasteiger partial charge in [-0.15, -0.1) is 0 Å². The first-order valence-electron chi connectivity index (χ1n) is 4.07. The van der Waals surface area contributed by atoms with Crippen LogP contribution in [-0.2, 0) is 5.41 Å². The van der Waals surface area contributed by atoms with Crippen LogP contribution in [0.3, 0.4) is 0 Å². The Morgan fingerprint density at radius 2 is 1.85 bits per heavy atom. The quantitative estimate of drug-likeness (QED) is 0.640. The molecule has 0 saturated heterocycles. The SMILES string of the molecule is CC(C)(C)c1c(F)cc(N)cc1Cl. The summed E-state index contributed by atoms with van der Waals surface area (Å²) in [6, 6.07) is 2.87. The second-order valence-corrected chi connectivity index (χ2v) is 4.52. The van der Waals surface area contributed by atoms with Gasteiger partial charge in [0.05, 0.1) is 0 Å². The molecule has 0 saturated carbocycles. The molecule has 0 fully saturated rings. The first kappa shape index (κ1) is 10.3. The second-order valence-electron chi connectivity index (χ2n) is 4.11. The van der Waals surface area contributed by atoms with Crippen molar-refractivity contribution in [1.82, 2.24) is 0 Å². The summed E-state index contributed by atoms with van der Waals surface area (Å²) in [4.78, 5) is 0. The molecule has 0 aliphatic heterocycles. The van der Waals surface area contributed by atoms with Crippen LogP contribution in [0.25, 0.3) is 0 Å². The van der Waals surface area contributed by atoms with Gasteiger partial charge in [-0.1, -0.05) is 32.4 Å². The van der Waals surface area contributed by atoms with E-state index in [1.54, 1.807) is 6.07 Å². The van der Waals surface area contributed by atoms with E-state index in [1.165, 1.54) is 6.07 Å². The summed E-state index contributed by atoms with van der Waals surface area (Å²) in [6.45, 7) is 5.73. The van der Waals surface area contributed by atoms with Crippen molar-refractivity contribution >= 4 is 17.3 Å². The number of rotatable bonds is 0. The van der Waals surface area contributed by atoms with Crippen molar-refractivity contribution in [1.29, 1.82) is 0 Å². The van der Waals surface area contributed by atoms with Gasteiger partial charge in [0, 0.05) is 16.3 Å². The highest BCUT2D eigenvalue weighted by Crippen LogP contribution is 2.33. The molecule has 0 amide bonds. The van der Waals surface area contributed by atoms with Crippen LogP contribution >= 0.6 is 11.6 Å². The molecule has 0 atom stereocenters. The smallest absolute Gasteiger partial charge is 0.130 e. The van der Waals surface area contributed by atoms with Crippen LogP contribution in [0.2, 0.25) is 5.02 Å². The predicted molar refractivity (Wildman–Crippen MR) is 54.5 cm³/mol. The summed E-state index contributed by atoms with van der Waals surface area (Å²) in [7, 11) is 0. The molecule has 0 aromatic heterocycles. The van der Waals surface area contributed by atoms with Crippen molar-refractivity contribution in [2.75, 3.05) is 5.73 Å². The number of anilines is 1. The van der Waals surface area contributed by atoms with Crippen LogP contribution in [0.15, 0.2) is 12.1 Å². The van der Waals surface area contributed by atoms with Gasteiger partial charge in [-0.25, -0.2) is 4.39 Å². The summed E-state index contributed by atoms with van der Waals surface area (Å²) in [6.07, 6.45) is 0. The Labute approximate surface area is 82.7 Å². The summed E-state index contributed by atoms with van der Waals surface area (Å²) in [5, 5.41) is 0.394. The van der Waals surface area contributed by atoms with E-state index in [0.717, 1.165) is 0 Å². The normalized spacial score (nSPS) is 11.8. The number of halogens is 2. The Balaban J connectivity index is 3.38. The number of hydrogen-bond acceptors (Lipinski definition) is 1. The van der Waals surface area contributed by atoms with E-state index in [-0.39, 0.29) is 11.2 Å². The van der Waals surface area contributed by atoms with Gasteiger partial charge in [-0.3, -0.25) is 0 Å². The molecule has 0 aliphatic carbocycles. The third-order valence-corrected chi connectivity index (χ3v) is 2.11. The zero-order valence-electron chi connectivity index (χ0n) is 7.99. The molecule has 0 radical (unpaired) electrons. The molecule has 0 spiro atoms. The molecule has 0 heterocycles. The fraction of sp³-hybridized carbons (Fsp3) is 0.400. The molecule has 72 valence electrons. The molecular weight excluding hydrogens is 189 g/mol. The Kier molecular flexibility index (Phi) is 2.53. The largest absolute Gasteiger partial charge is 0.399 e. The summed E-state index contributed by atoms with van der Waals surface area (Å²) >= 11 is 5.90. The maximum Gasteiger partial charge on any atom is 0.130 e. The lowest BCUT2D eigenvalue weighted by atomic mass is 9.86. The number of benzene rings is 1. The van der Waals surface area contributed by atoms with E-state index in [0.29, 0.717) is 16.3 Å². The maximum absolute atomic E-state index is 13.4. The lowest BCUT2D eigenvalue weighted by molar-refractivity contribution is 0.523. The fourth-order valence-electron chi connectivity index (χ4n) is 1.31. The molecule has 0 bridgehead atoms. The standard InChI is InChI=1S/C10H13ClFN/c1-10(2,3)9-7(11)4-6(13)5-8(9)12/h4-5H,13H2,1-3H3. The van der Waals surface area contributed by atoms with Crippen LogP contribution in [0.5, 0.6) is 0 Å². The van der Waals surface area contributed by atoms with Gasteiger partial charge in [0.1, 0.15) is 5.82 Å². The van der Waals surface area contributed by atoms with Gasteiger partial charge in [0.25, 0.3) is 0 Å². The highest BCUT2D eigenvalue weighted by atomic mass is 35.5. The third-order valence-electron chi connectivity index (χ3n) is 1.81. The highest BCUT2D eigenvalue weighted by Gasteiger charge is 2.21. The summed E-state index contributed by atoms with van der Waals surface area (Å²) in [5.74, 6) is -0.336. The molecule has 1 rings (SSSR count). The van der Waals surface area contributed by atoms with Crippen LogP contribution in [0.1, 0.15) is 26.3 Å². The minimum absolute atomic E-state index is 0.297. The van der Waals surface area contributed by atoms with E-state index in [9.17, 15) is 4.39 Å². The summed E-state index contributed by atoms with van der Waals surface area (Å²) in [5.41, 5.74) is 6.02. The molecule has 3 heteroatoms. The highest BCUT2D eigenvalue weighted by molar-refractivity contribution is 6.31. The topological polar surface area (TPSA) is 26.0 Å². The monoisotopic (exact) mass is 201 g/mol. The lowest BCUT2D eigenvalue weighted by Gasteiger charge is -2.21. The van der Waals surface area contributed by atoms with E-state index < -0.39 is 0 Å². The molecular formula is C10H13ClFN. The van der Waals surface area contributed by atoms with Gasteiger partial charge < -0.3 is 5.73 Å². The van der Waals surface area contributed by atoms with Crippen LogP contribution in [0.4, 0.5) is 10.1 Å². The van der Waals surface area contributed by atoms with E-state index in [4.69, 9.17) is 17.3 Å². The van der Waals surface area contributed by atoms with Gasteiger partial charge in [-0.05, 0) is 17.5 Å². The Morgan fingerprint density at radius 3 is 2.23 bits per heavy atom. The minimum Gasteiger partial charge on any atom is -0.399 e. The fourth-order valence-corrected chi connectivity index (χ4v) is 1.81. The van der Waals surface area contributed by atoms with Gasteiger partial charge in [0.2, 0.25) is 0 Å². The lowest BCUT2D eigenvalue weighted by Crippen LogP contribution is -2.14. The van der Waals surface area contributed by atoms with Gasteiger partial charge in [0.15, 0.2) is 0 Å². The molecule has 2 N–H and O–H groups in total. The van der Waals surface area contributed by atoms with Crippen molar-refractivity contribution in [2.45, 2.75) is 26.2 Å². The molecule has 1 nitrogen and oxygen atoms in total.